The number of hydrogen-bond acceptors (Lipinski definition) is 6. The van der Waals surface area contributed by atoms with Crippen LogP contribution < -0.4 is 5.32 Å². The number of aromatic nitrogens is 4. The van der Waals surface area contributed by atoms with Crippen LogP contribution in [-0.2, 0) is 0 Å². The number of rotatable bonds is 6. The van der Waals surface area contributed by atoms with Crippen molar-refractivity contribution >= 4 is 5.82 Å². The molecule has 7 heteroatoms. The van der Waals surface area contributed by atoms with Crippen LogP contribution in [0.2, 0.25) is 0 Å². The van der Waals surface area contributed by atoms with Crippen molar-refractivity contribution in [2.45, 2.75) is 19.9 Å². The maximum atomic E-state index is 5.53. The fourth-order valence-corrected chi connectivity index (χ4v) is 2.62. The van der Waals surface area contributed by atoms with Gasteiger partial charge in [-0.15, -0.1) is 0 Å². The van der Waals surface area contributed by atoms with Crippen LogP contribution in [0, 0.1) is 13.8 Å². The highest BCUT2D eigenvalue weighted by Crippen LogP contribution is 2.19. The summed E-state index contributed by atoms with van der Waals surface area (Å²) in [5, 5.41) is 7.78. The lowest BCUT2D eigenvalue weighted by molar-refractivity contribution is 0.269. The van der Waals surface area contributed by atoms with E-state index in [1.807, 2.05) is 46.1 Å². The predicted molar refractivity (Wildman–Crippen MR) is 92.3 cm³/mol. The number of likely N-dealkylation sites (N-methyl/N-ethyl adjacent to an activating group) is 1. The fraction of sp³-hybridized carbons (Fsp3) is 0.353. The van der Waals surface area contributed by atoms with E-state index in [2.05, 4.69) is 25.3 Å². The Hall–Kier alpha value is -2.67. The molecule has 0 amide bonds. The molecule has 3 aromatic rings. The fourth-order valence-electron chi connectivity index (χ4n) is 2.62. The van der Waals surface area contributed by atoms with Crippen LogP contribution in [0.5, 0.6) is 0 Å². The Kier molecular flexibility index (Phi) is 4.61. The first-order valence-electron chi connectivity index (χ1n) is 7.84. The van der Waals surface area contributed by atoms with E-state index in [0.717, 1.165) is 17.1 Å². The van der Waals surface area contributed by atoms with Gasteiger partial charge in [0, 0.05) is 12.2 Å². The minimum Gasteiger partial charge on any atom is -0.468 e. The van der Waals surface area contributed by atoms with Gasteiger partial charge in [-0.1, -0.05) is 0 Å². The Morgan fingerprint density at radius 3 is 2.75 bits per heavy atom. The van der Waals surface area contributed by atoms with Gasteiger partial charge in [0.05, 0.1) is 30.4 Å². The lowest BCUT2D eigenvalue weighted by Gasteiger charge is -2.22. The quantitative estimate of drug-likeness (QED) is 0.751. The van der Waals surface area contributed by atoms with E-state index >= 15 is 0 Å². The molecular weight excluding hydrogens is 304 g/mol. The normalized spacial score (nSPS) is 12.5. The van der Waals surface area contributed by atoms with E-state index in [0.29, 0.717) is 18.2 Å². The summed E-state index contributed by atoms with van der Waals surface area (Å²) in [5.74, 6) is 2.32. The van der Waals surface area contributed by atoms with Crippen molar-refractivity contribution in [3.05, 3.63) is 54.0 Å². The maximum Gasteiger partial charge on any atom is 0.174 e. The Labute approximate surface area is 141 Å². The predicted octanol–water partition coefficient (Wildman–Crippen LogP) is 2.59. The van der Waals surface area contributed by atoms with Crippen molar-refractivity contribution in [1.82, 2.24) is 24.6 Å². The summed E-state index contributed by atoms with van der Waals surface area (Å²) in [6, 6.07) is 6.00. The molecule has 3 heterocycles. The molecule has 0 spiro atoms. The van der Waals surface area contributed by atoms with Crippen LogP contribution in [-0.4, -0.2) is 45.3 Å². The van der Waals surface area contributed by atoms with Gasteiger partial charge in [-0.05, 0) is 46.1 Å². The molecule has 1 N–H and O–H groups in total. The molecule has 0 radical (unpaired) electrons. The van der Waals surface area contributed by atoms with E-state index in [9.17, 15) is 0 Å². The molecular formula is C17H22N6O. The van der Waals surface area contributed by atoms with E-state index in [4.69, 9.17) is 4.42 Å². The van der Waals surface area contributed by atoms with Crippen LogP contribution in [0.3, 0.4) is 0 Å². The zero-order valence-electron chi connectivity index (χ0n) is 14.4. The van der Waals surface area contributed by atoms with Crippen molar-refractivity contribution in [2.24, 2.45) is 0 Å². The van der Waals surface area contributed by atoms with Gasteiger partial charge in [0.25, 0.3) is 0 Å². The molecule has 7 nitrogen and oxygen atoms in total. The third-order valence-electron chi connectivity index (χ3n) is 3.82. The Balaban J connectivity index is 1.76. The summed E-state index contributed by atoms with van der Waals surface area (Å²) in [6.07, 6.45) is 5.11. The zero-order valence-corrected chi connectivity index (χ0v) is 14.4. The lowest BCUT2D eigenvalue weighted by Crippen LogP contribution is -2.26. The van der Waals surface area contributed by atoms with Gasteiger partial charge in [0.1, 0.15) is 11.6 Å². The highest BCUT2D eigenvalue weighted by Gasteiger charge is 2.17. The molecule has 0 aliphatic rings. The van der Waals surface area contributed by atoms with E-state index in [1.165, 1.54) is 0 Å². The summed E-state index contributed by atoms with van der Waals surface area (Å²) in [4.78, 5) is 11.0. The molecule has 0 saturated heterocycles. The summed E-state index contributed by atoms with van der Waals surface area (Å²) in [5.41, 5.74) is 1.99. The van der Waals surface area contributed by atoms with Gasteiger partial charge < -0.3 is 9.73 Å². The standard InChI is InChI=1S/C17H22N6O/c1-12-8-13(2)23(21-12)17-11-18-10-16(20-17)19-9-14(22(3)4)15-6-5-7-24-15/h5-8,10-11,14H,9H2,1-4H3,(H,19,20)/t14-/m0/s1. The molecule has 0 saturated carbocycles. The Morgan fingerprint density at radius 1 is 1.29 bits per heavy atom. The van der Waals surface area contributed by atoms with E-state index in [1.54, 1.807) is 23.3 Å². The lowest BCUT2D eigenvalue weighted by atomic mass is 10.2. The highest BCUT2D eigenvalue weighted by atomic mass is 16.3. The molecule has 126 valence electrons. The molecule has 0 aliphatic heterocycles. The van der Waals surface area contributed by atoms with E-state index in [-0.39, 0.29) is 6.04 Å². The van der Waals surface area contributed by atoms with Gasteiger partial charge >= 0.3 is 0 Å². The zero-order chi connectivity index (χ0) is 17.1. The molecule has 0 unspecified atom stereocenters. The first-order chi connectivity index (χ1) is 11.5. The average molecular weight is 326 g/mol. The van der Waals surface area contributed by atoms with Crippen LogP contribution in [0.25, 0.3) is 5.82 Å². The van der Waals surface area contributed by atoms with Crippen LogP contribution in [0.4, 0.5) is 5.82 Å². The van der Waals surface area contributed by atoms with Crippen LogP contribution in [0.1, 0.15) is 23.2 Å². The molecule has 3 aromatic heterocycles. The number of nitrogens with one attached hydrogen (secondary N) is 1. The molecule has 3 rings (SSSR count). The SMILES string of the molecule is Cc1cc(C)n(-c2cncc(NC[C@@H](c3ccco3)N(C)C)n2)n1. The molecule has 0 fully saturated rings. The number of furan rings is 1. The number of nitrogens with zero attached hydrogens (tertiary/aromatic N) is 5. The van der Waals surface area contributed by atoms with Crippen molar-refractivity contribution < 1.29 is 4.42 Å². The van der Waals surface area contributed by atoms with Gasteiger partial charge in [-0.3, -0.25) is 9.88 Å². The van der Waals surface area contributed by atoms with Gasteiger partial charge in [0.15, 0.2) is 5.82 Å². The number of aryl methyl sites for hydroxylation is 2. The smallest absolute Gasteiger partial charge is 0.174 e. The first kappa shape index (κ1) is 16.2. The second kappa shape index (κ2) is 6.84. The van der Waals surface area contributed by atoms with Gasteiger partial charge in [-0.2, -0.15) is 5.10 Å². The van der Waals surface area contributed by atoms with Crippen LogP contribution in [0.15, 0.2) is 41.3 Å². The minimum absolute atomic E-state index is 0.110. The third kappa shape index (κ3) is 3.46. The second-order valence-electron chi connectivity index (χ2n) is 5.98. The number of hydrogen-bond donors (Lipinski definition) is 1. The van der Waals surface area contributed by atoms with Crippen LogP contribution >= 0.6 is 0 Å². The first-order valence-corrected chi connectivity index (χ1v) is 7.84. The number of anilines is 1. The van der Waals surface area contributed by atoms with E-state index < -0.39 is 0 Å². The van der Waals surface area contributed by atoms with Crippen molar-refractivity contribution in [2.75, 3.05) is 26.0 Å². The van der Waals surface area contributed by atoms with Crippen molar-refractivity contribution in [3.8, 4) is 5.82 Å². The summed E-state index contributed by atoms with van der Waals surface area (Å²) in [6.45, 7) is 4.63. The molecule has 0 aromatic carbocycles. The summed E-state index contributed by atoms with van der Waals surface area (Å²) >= 11 is 0. The summed E-state index contributed by atoms with van der Waals surface area (Å²) in [7, 11) is 4.04. The Morgan fingerprint density at radius 2 is 2.12 bits per heavy atom. The van der Waals surface area contributed by atoms with Crippen molar-refractivity contribution in [1.29, 1.82) is 0 Å². The average Bonchev–Trinajstić information content (AvgIpc) is 3.17. The minimum atomic E-state index is 0.110. The molecule has 1 atom stereocenters. The van der Waals surface area contributed by atoms with Gasteiger partial charge in [0.2, 0.25) is 0 Å². The molecule has 24 heavy (non-hydrogen) atoms. The molecule has 0 aliphatic carbocycles. The highest BCUT2D eigenvalue weighted by molar-refractivity contribution is 5.37. The maximum absolute atomic E-state index is 5.53. The largest absolute Gasteiger partial charge is 0.468 e. The second-order valence-corrected chi connectivity index (χ2v) is 5.98. The monoisotopic (exact) mass is 326 g/mol. The Bertz CT molecular complexity index is 793. The van der Waals surface area contributed by atoms with Gasteiger partial charge in [-0.25, -0.2) is 9.67 Å². The van der Waals surface area contributed by atoms with Crippen molar-refractivity contribution in [3.63, 3.8) is 0 Å². The topological polar surface area (TPSA) is 72.0 Å². The summed E-state index contributed by atoms with van der Waals surface area (Å²) < 4.78 is 7.32. The molecule has 0 bridgehead atoms. The third-order valence-corrected chi connectivity index (χ3v) is 3.82.